The summed E-state index contributed by atoms with van der Waals surface area (Å²) in [5.41, 5.74) is 0. The first-order chi connectivity index (χ1) is 12.2. The Balaban J connectivity index is 1.83. The highest BCUT2D eigenvalue weighted by atomic mass is 79.9. The van der Waals surface area contributed by atoms with Crippen LogP contribution in [0.2, 0.25) is 0 Å². The van der Waals surface area contributed by atoms with Gasteiger partial charge in [-0.05, 0) is 29.3 Å². The van der Waals surface area contributed by atoms with Crippen molar-refractivity contribution < 1.29 is 9.47 Å². The molecule has 1 N–H and O–H groups in total. The van der Waals surface area contributed by atoms with Gasteiger partial charge in [0.1, 0.15) is 0 Å². The monoisotopic (exact) mass is 414 g/mol. The molecule has 0 saturated carbocycles. The highest BCUT2D eigenvalue weighted by Crippen LogP contribution is 2.23. The van der Waals surface area contributed by atoms with Crippen LogP contribution in [0.25, 0.3) is 0 Å². The van der Waals surface area contributed by atoms with E-state index in [2.05, 4.69) is 46.0 Å². The number of aromatic nitrogens is 2. The minimum absolute atomic E-state index is 0.555. The van der Waals surface area contributed by atoms with E-state index in [1.54, 1.807) is 13.3 Å². The molecule has 9 heteroatoms. The molecule has 0 amide bonds. The molecule has 8 nitrogen and oxygen atoms in total. The molecule has 1 aliphatic heterocycles. The largest absolute Gasteiger partial charge is 0.480 e. The first-order valence-corrected chi connectivity index (χ1v) is 9.33. The number of guanidine groups is 1. The van der Waals surface area contributed by atoms with Crippen LogP contribution in [0.3, 0.4) is 0 Å². The van der Waals surface area contributed by atoms with Crippen molar-refractivity contribution in [1.82, 2.24) is 20.2 Å². The average Bonchev–Trinajstić information content (AvgIpc) is 2.65. The summed E-state index contributed by atoms with van der Waals surface area (Å²) in [4.78, 5) is 17.6. The summed E-state index contributed by atoms with van der Waals surface area (Å²) in [7, 11) is 3.43. The van der Waals surface area contributed by atoms with E-state index in [1.807, 2.05) is 14.0 Å². The summed E-state index contributed by atoms with van der Waals surface area (Å²) in [6, 6.07) is 0. The molecule has 140 valence electrons. The van der Waals surface area contributed by atoms with Gasteiger partial charge in [-0.1, -0.05) is 0 Å². The molecule has 0 bridgehead atoms. The van der Waals surface area contributed by atoms with Gasteiger partial charge in [0, 0.05) is 53.0 Å². The summed E-state index contributed by atoms with van der Waals surface area (Å²) >= 11 is 3.38. The third-order valence-electron chi connectivity index (χ3n) is 3.92. The Morgan fingerprint density at radius 1 is 1.36 bits per heavy atom. The van der Waals surface area contributed by atoms with Gasteiger partial charge in [0.2, 0.25) is 11.8 Å². The fraction of sp³-hybridized carbons (Fsp3) is 0.688. The molecular weight excluding hydrogens is 388 g/mol. The fourth-order valence-corrected chi connectivity index (χ4v) is 2.96. The van der Waals surface area contributed by atoms with E-state index in [0.29, 0.717) is 11.8 Å². The molecular formula is C16H27BrN6O2. The van der Waals surface area contributed by atoms with Gasteiger partial charge in [-0.15, -0.1) is 0 Å². The van der Waals surface area contributed by atoms with Crippen LogP contribution in [0.5, 0.6) is 5.88 Å². The average molecular weight is 415 g/mol. The maximum atomic E-state index is 5.36. The highest BCUT2D eigenvalue weighted by Gasteiger charge is 2.22. The topological polar surface area (TPSA) is 75.1 Å². The first-order valence-electron chi connectivity index (χ1n) is 8.54. The third-order valence-corrected chi connectivity index (χ3v) is 4.46. The molecule has 1 aromatic rings. The van der Waals surface area contributed by atoms with Crippen molar-refractivity contribution in [2.45, 2.75) is 13.3 Å². The number of piperazine rings is 1. The van der Waals surface area contributed by atoms with Gasteiger partial charge in [-0.2, -0.15) is 4.98 Å². The Morgan fingerprint density at radius 3 is 2.76 bits per heavy atom. The van der Waals surface area contributed by atoms with Crippen molar-refractivity contribution in [1.29, 1.82) is 0 Å². The Hall–Kier alpha value is -1.61. The number of aliphatic imine (C=N–C) groups is 1. The molecule has 1 fully saturated rings. The molecule has 0 aromatic carbocycles. The van der Waals surface area contributed by atoms with E-state index >= 15 is 0 Å². The number of ether oxygens (including phenoxy) is 2. The van der Waals surface area contributed by atoms with Gasteiger partial charge in [0.15, 0.2) is 5.96 Å². The fourth-order valence-electron chi connectivity index (χ4n) is 2.61. The molecule has 0 aliphatic carbocycles. The van der Waals surface area contributed by atoms with Crippen molar-refractivity contribution in [3.8, 4) is 5.88 Å². The van der Waals surface area contributed by atoms with Crippen molar-refractivity contribution in [3.63, 3.8) is 0 Å². The maximum absolute atomic E-state index is 5.36. The molecule has 1 aromatic heterocycles. The van der Waals surface area contributed by atoms with Crippen molar-refractivity contribution >= 4 is 27.8 Å². The number of methoxy groups -OCH3 is 1. The maximum Gasteiger partial charge on any atom is 0.232 e. The molecule has 2 rings (SSSR count). The SMILES string of the molecule is CCOCCCNC(=NC)N1CCN(c2ncc(Br)c(OC)n2)CC1. The minimum atomic E-state index is 0.555. The van der Waals surface area contributed by atoms with Crippen LogP contribution < -0.4 is 15.0 Å². The lowest BCUT2D eigenvalue weighted by molar-refractivity contribution is 0.145. The smallest absolute Gasteiger partial charge is 0.232 e. The predicted molar refractivity (Wildman–Crippen MR) is 103 cm³/mol. The first kappa shape index (κ1) is 19.7. The lowest BCUT2D eigenvalue weighted by atomic mass is 10.3. The molecule has 1 aliphatic rings. The normalized spacial score (nSPS) is 15.4. The number of rotatable bonds is 7. The zero-order valence-corrected chi connectivity index (χ0v) is 16.8. The molecule has 0 spiro atoms. The number of hydrogen-bond acceptors (Lipinski definition) is 6. The zero-order chi connectivity index (χ0) is 18.1. The van der Waals surface area contributed by atoms with E-state index < -0.39 is 0 Å². The van der Waals surface area contributed by atoms with E-state index in [9.17, 15) is 0 Å². The van der Waals surface area contributed by atoms with Crippen molar-refractivity contribution in [2.24, 2.45) is 4.99 Å². The molecule has 0 radical (unpaired) electrons. The summed E-state index contributed by atoms with van der Waals surface area (Å²) in [5.74, 6) is 2.18. The van der Waals surface area contributed by atoms with E-state index in [1.165, 1.54) is 0 Å². The van der Waals surface area contributed by atoms with E-state index in [0.717, 1.165) is 62.8 Å². The number of nitrogens with zero attached hydrogens (tertiary/aromatic N) is 5. The van der Waals surface area contributed by atoms with Crippen LogP contribution in [0, 0.1) is 0 Å². The molecule has 0 atom stereocenters. The van der Waals surface area contributed by atoms with Crippen molar-refractivity contribution in [3.05, 3.63) is 10.7 Å². The number of halogens is 1. The van der Waals surface area contributed by atoms with Gasteiger partial charge in [0.05, 0.1) is 17.8 Å². The number of nitrogens with one attached hydrogen (secondary N) is 1. The van der Waals surface area contributed by atoms with Gasteiger partial charge in [-0.3, -0.25) is 4.99 Å². The molecule has 0 unspecified atom stereocenters. The van der Waals surface area contributed by atoms with Crippen LogP contribution in [0.1, 0.15) is 13.3 Å². The zero-order valence-electron chi connectivity index (χ0n) is 15.2. The Kier molecular flexibility index (Phi) is 8.20. The lowest BCUT2D eigenvalue weighted by Crippen LogP contribution is -2.53. The van der Waals surface area contributed by atoms with Gasteiger partial charge < -0.3 is 24.6 Å². The Morgan fingerprint density at radius 2 is 2.12 bits per heavy atom. The summed E-state index contributed by atoms with van der Waals surface area (Å²) in [5, 5.41) is 3.40. The standard InChI is InChI=1S/C16H27BrN6O2/c1-4-25-11-5-6-19-15(18-2)22-7-9-23(10-8-22)16-20-12-13(17)14(21-16)24-3/h12H,4-11H2,1-3H3,(H,18,19). The third kappa shape index (κ3) is 5.71. The number of hydrogen-bond donors (Lipinski definition) is 1. The van der Waals surface area contributed by atoms with Crippen LogP contribution in [-0.2, 0) is 4.74 Å². The van der Waals surface area contributed by atoms with Gasteiger partial charge in [0.25, 0.3) is 0 Å². The predicted octanol–water partition coefficient (Wildman–Crippen LogP) is 1.37. The molecule has 1 saturated heterocycles. The van der Waals surface area contributed by atoms with Gasteiger partial charge >= 0.3 is 0 Å². The van der Waals surface area contributed by atoms with Gasteiger partial charge in [-0.25, -0.2) is 4.98 Å². The van der Waals surface area contributed by atoms with Crippen LogP contribution in [0.4, 0.5) is 5.95 Å². The Bertz CT molecular complexity index is 564. The Labute approximate surface area is 157 Å². The van der Waals surface area contributed by atoms with E-state index in [-0.39, 0.29) is 0 Å². The summed E-state index contributed by atoms with van der Waals surface area (Å²) < 4.78 is 11.4. The highest BCUT2D eigenvalue weighted by molar-refractivity contribution is 9.10. The van der Waals surface area contributed by atoms with Crippen molar-refractivity contribution in [2.75, 3.05) is 65.0 Å². The quantitative estimate of drug-likeness (QED) is 0.410. The minimum Gasteiger partial charge on any atom is -0.480 e. The second-order valence-corrected chi connectivity index (χ2v) is 6.38. The molecule has 2 heterocycles. The van der Waals surface area contributed by atoms with Crippen LogP contribution >= 0.6 is 15.9 Å². The van der Waals surface area contributed by atoms with Crippen LogP contribution in [-0.4, -0.2) is 80.9 Å². The second kappa shape index (κ2) is 10.4. The second-order valence-electron chi connectivity index (χ2n) is 5.53. The summed E-state index contributed by atoms with van der Waals surface area (Å²) in [6.45, 7) is 7.82. The molecule has 25 heavy (non-hydrogen) atoms. The lowest BCUT2D eigenvalue weighted by Gasteiger charge is -2.36. The number of anilines is 1. The summed E-state index contributed by atoms with van der Waals surface area (Å²) in [6.07, 6.45) is 2.70. The van der Waals surface area contributed by atoms with E-state index in [4.69, 9.17) is 9.47 Å². The van der Waals surface area contributed by atoms with Crippen LogP contribution in [0.15, 0.2) is 15.7 Å².